The number of ether oxygens (including phenoxy) is 1. The summed E-state index contributed by atoms with van der Waals surface area (Å²) in [6.07, 6.45) is 5.46. The summed E-state index contributed by atoms with van der Waals surface area (Å²) < 4.78 is 5.71. The number of amides is 1. The molecule has 0 aliphatic carbocycles. The summed E-state index contributed by atoms with van der Waals surface area (Å²) in [6, 6.07) is 0. The number of nitrogens with zero attached hydrogens (tertiary/aromatic N) is 1. The van der Waals surface area contributed by atoms with Crippen molar-refractivity contribution >= 4 is 45.6 Å². The van der Waals surface area contributed by atoms with Gasteiger partial charge in [0, 0.05) is 17.1 Å². The van der Waals surface area contributed by atoms with Crippen molar-refractivity contribution in [2.75, 3.05) is 6.61 Å². The van der Waals surface area contributed by atoms with Crippen LogP contribution in [0.4, 0.5) is 4.79 Å². The molecule has 0 radical (unpaired) electrons. The third-order valence-corrected chi connectivity index (χ3v) is 2.48. The number of carbonyl (C=O) groups is 1. The number of aliphatic imine (C=N–C) groups is 1. The van der Waals surface area contributed by atoms with Crippen LogP contribution in [0.15, 0.2) is 27.4 Å². The molecule has 7 heteroatoms. The second-order valence-electron chi connectivity index (χ2n) is 2.98. The van der Waals surface area contributed by atoms with E-state index in [4.69, 9.17) is 17.0 Å². The quantitative estimate of drug-likeness (QED) is 0.766. The van der Waals surface area contributed by atoms with E-state index in [0.29, 0.717) is 18.8 Å². The highest BCUT2D eigenvalue weighted by Gasteiger charge is 2.06. The molecule has 1 amide bonds. The summed E-state index contributed by atoms with van der Waals surface area (Å²) in [5.74, 6) is 0.581. The van der Waals surface area contributed by atoms with E-state index in [-0.39, 0.29) is 5.11 Å². The first kappa shape index (κ1) is 13.9. The minimum Gasteiger partial charge on any atom is -0.450 e. The molecule has 92 valence electrons. The Bertz CT molecular complexity index is 404. The molecule has 1 heterocycles. The number of alkyl carbamates (subject to hydrolysis) is 1. The number of hydrogen-bond acceptors (Lipinski definition) is 4. The Hall–Kier alpha value is -1.21. The SMILES string of the molecule is CCOC(=O)NC(=S)NC1=CCC(Br)=CC=N1. The van der Waals surface area contributed by atoms with Gasteiger partial charge in [-0.3, -0.25) is 5.32 Å². The van der Waals surface area contributed by atoms with E-state index < -0.39 is 6.09 Å². The molecule has 2 N–H and O–H groups in total. The zero-order valence-electron chi connectivity index (χ0n) is 9.20. The van der Waals surface area contributed by atoms with Crippen LogP contribution in [0.25, 0.3) is 0 Å². The van der Waals surface area contributed by atoms with Crippen LogP contribution >= 0.6 is 28.1 Å². The first-order chi connectivity index (χ1) is 8.11. The van der Waals surface area contributed by atoms with Gasteiger partial charge < -0.3 is 10.1 Å². The topological polar surface area (TPSA) is 62.7 Å². The lowest BCUT2D eigenvalue weighted by Gasteiger charge is -2.08. The number of thiocarbonyl (C=S) groups is 1. The fourth-order valence-corrected chi connectivity index (χ4v) is 1.47. The van der Waals surface area contributed by atoms with Gasteiger partial charge in [-0.1, -0.05) is 15.9 Å². The predicted octanol–water partition coefficient (Wildman–Crippen LogP) is 2.20. The Morgan fingerprint density at radius 2 is 2.47 bits per heavy atom. The summed E-state index contributed by atoms with van der Waals surface area (Å²) in [4.78, 5) is 15.2. The molecule has 0 aromatic rings. The summed E-state index contributed by atoms with van der Waals surface area (Å²) in [7, 11) is 0. The molecule has 0 fully saturated rings. The molecule has 1 rings (SSSR count). The van der Waals surface area contributed by atoms with E-state index in [0.717, 1.165) is 4.48 Å². The van der Waals surface area contributed by atoms with Crippen molar-refractivity contribution in [3.05, 3.63) is 22.5 Å². The van der Waals surface area contributed by atoms with Crippen molar-refractivity contribution in [2.45, 2.75) is 13.3 Å². The van der Waals surface area contributed by atoms with Crippen LogP contribution in [0.2, 0.25) is 0 Å². The molecule has 0 saturated heterocycles. The zero-order chi connectivity index (χ0) is 12.7. The van der Waals surface area contributed by atoms with Crippen molar-refractivity contribution in [3.8, 4) is 0 Å². The minimum absolute atomic E-state index is 0.157. The molecule has 0 atom stereocenters. The van der Waals surface area contributed by atoms with Gasteiger partial charge in [-0.2, -0.15) is 0 Å². The van der Waals surface area contributed by atoms with Crippen LogP contribution in [0, 0.1) is 0 Å². The van der Waals surface area contributed by atoms with Crippen LogP contribution in [-0.2, 0) is 4.74 Å². The van der Waals surface area contributed by atoms with Gasteiger partial charge in [0.25, 0.3) is 0 Å². The van der Waals surface area contributed by atoms with Gasteiger partial charge in [0.2, 0.25) is 0 Å². The molecule has 0 bridgehead atoms. The van der Waals surface area contributed by atoms with Gasteiger partial charge >= 0.3 is 6.09 Å². The van der Waals surface area contributed by atoms with Gasteiger partial charge in [-0.25, -0.2) is 9.79 Å². The maximum absolute atomic E-state index is 11.1. The highest BCUT2D eigenvalue weighted by molar-refractivity contribution is 9.11. The molecular formula is C10H12BrN3O2S. The van der Waals surface area contributed by atoms with E-state index in [9.17, 15) is 4.79 Å². The lowest BCUT2D eigenvalue weighted by atomic mass is 10.4. The molecule has 0 aromatic heterocycles. The molecule has 0 aromatic carbocycles. The lowest BCUT2D eigenvalue weighted by Crippen LogP contribution is -2.38. The van der Waals surface area contributed by atoms with Crippen LogP contribution in [0.3, 0.4) is 0 Å². The predicted molar refractivity (Wildman–Crippen MR) is 74.1 cm³/mol. The largest absolute Gasteiger partial charge is 0.450 e. The van der Waals surface area contributed by atoms with Crippen LogP contribution in [-0.4, -0.2) is 24.0 Å². The number of carbonyl (C=O) groups excluding carboxylic acids is 1. The van der Waals surface area contributed by atoms with Crippen LogP contribution in [0.1, 0.15) is 13.3 Å². The Balaban J connectivity index is 2.44. The van der Waals surface area contributed by atoms with E-state index in [1.54, 1.807) is 13.1 Å². The van der Waals surface area contributed by atoms with E-state index in [1.807, 2.05) is 12.2 Å². The molecule has 0 saturated carbocycles. The van der Waals surface area contributed by atoms with Gasteiger partial charge in [0.1, 0.15) is 5.82 Å². The smallest absolute Gasteiger partial charge is 0.413 e. The van der Waals surface area contributed by atoms with Crippen molar-refractivity contribution in [3.63, 3.8) is 0 Å². The molecular weight excluding hydrogens is 306 g/mol. The highest BCUT2D eigenvalue weighted by atomic mass is 79.9. The number of hydrogen-bond donors (Lipinski definition) is 2. The Morgan fingerprint density at radius 3 is 3.18 bits per heavy atom. The van der Waals surface area contributed by atoms with E-state index in [1.165, 1.54) is 0 Å². The third-order valence-electron chi connectivity index (χ3n) is 1.69. The van der Waals surface area contributed by atoms with Crippen molar-refractivity contribution in [2.24, 2.45) is 4.99 Å². The fraction of sp³-hybridized carbons (Fsp3) is 0.300. The average molecular weight is 318 g/mol. The van der Waals surface area contributed by atoms with Crippen molar-refractivity contribution in [1.29, 1.82) is 0 Å². The van der Waals surface area contributed by atoms with Gasteiger partial charge in [0.05, 0.1) is 6.61 Å². The Labute approximate surface area is 113 Å². The number of allylic oxidation sites excluding steroid dienone is 3. The first-order valence-corrected chi connectivity index (χ1v) is 6.15. The molecule has 5 nitrogen and oxygen atoms in total. The molecule has 1 aliphatic rings. The Kier molecular flexibility index (Phi) is 5.85. The van der Waals surface area contributed by atoms with Crippen LogP contribution < -0.4 is 10.6 Å². The number of halogens is 1. The minimum atomic E-state index is -0.581. The summed E-state index contributed by atoms with van der Waals surface area (Å²) in [5, 5.41) is 5.33. The number of rotatable bonds is 2. The van der Waals surface area contributed by atoms with E-state index >= 15 is 0 Å². The maximum Gasteiger partial charge on any atom is 0.413 e. The van der Waals surface area contributed by atoms with Crippen molar-refractivity contribution < 1.29 is 9.53 Å². The van der Waals surface area contributed by atoms with Gasteiger partial charge in [-0.05, 0) is 31.3 Å². The fourth-order valence-electron chi connectivity index (χ4n) is 1.00. The van der Waals surface area contributed by atoms with Crippen LogP contribution in [0.5, 0.6) is 0 Å². The van der Waals surface area contributed by atoms with Crippen molar-refractivity contribution in [1.82, 2.24) is 10.6 Å². The summed E-state index contributed by atoms with van der Waals surface area (Å²) in [6.45, 7) is 2.02. The normalized spacial score (nSPS) is 14.2. The first-order valence-electron chi connectivity index (χ1n) is 4.95. The van der Waals surface area contributed by atoms with Gasteiger partial charge in [0.15, 0.2) is 5.11 Å². The molecule has 0 unspecified atom stereocenters. The Morgan fingerprint density at radius 1 is 1.71 bits per heavy atom. The molecule has 0 spiro atoms. The lowest BCUT2D eigenvalue weighted by molar-refractivity contribution is 0.158. The highest BCUT2D eigenvalue weighted by Crippen LogP contribution is 2.13. The standard InChI is InChI=1S/C10H12BrN3O2S/c1-2-16-10(15)14-9(17)13-8-4-3-7(11)5-6-12-8/h4-6H,2-3H2,1H3,(H2,13,14,15,17). The van der Waals surface area contributed by atoms with Gasteiger partial charge in [-0.15, -0.1) is 0 Å². The summed E-state index contributed by atoms with van der Waals surface area (Å²) >= 11 is 8.30. The second kappa shape index (κ2) is 7.18. The maximum atomic E-state index is 11.1. The molecule has 1 aliphatic heterocycles. The number of nitrogens with one attached hydrogen (secondary N) is 2. The third kappa shape index (κ3) is 5.60. The average Bonchev–Trinajstić information content (AvgIpc) is 2.44. The van der Waals surface area contributed by atoms with E-state index in [2.05, 4.69) is 31.6 Å². The second-order valence-corrected chi connectivity index (χ2v) is 4.41. The monoisotopic (exact) mass is 317 g/mol. The zero-order valence-corrected chi connectivity index (χ0v) is 11.6. The molecule has 17 heavy (non-hydrogen) atoms. The summed E-state index contributed by atoms with van der Waals surface area (Å²) in [5.41, 5.74) is 0.